The molecule has 0 amide bonds. The van der Waals surface area contributed by atoms with Crippen molar-refractivity contribution >= 4 is 0 Å². The normalized spacial score (nSPS) is 10.8. The Morgan fingerprint density at radius 2 is 1.75 bits per heavy atom. The van der Waals surface area contributed by atoms with Crippen molar-refractivity contribution in [1.29, 1.82) is 0 Å². The molecule has 0 aliphatic heterocycles. The average molecular weight is 330 g/mol. The second-order valence-corrected chi connectivity index (χ2v) is 6.01. The molecule has 0 saturated heterocycles. The molecule has 4 heteroatoms. The molecule has 0 aliphatic carbocycles. The number of rotatable bonds is 10. The molecule has 0 radical (unpaired) electrons. The standard InChI is InChI=1S/C20H27FN2O/c1-3-5-6-7-8-9-12-24-20-11-10-16(13-18(20)21)19-15-22-17(4-2)14-23-19/h10-11,13-15H,3-9,12H2,1-2H3. The molecular formula is C20H27FN2O. The van der Waals surface area contributed by atoms with Crippen LogP contribution in [0.4, 0.5) is 4.39 Å². The summed E-state index contributed by atoms with van der Waals surface area (Å²) in [6, 6.07) is 4.97. The minimum absolute atomic E-state index is 0.311. The highest BCUT2D eigenvalue weighted by Gasteiger charge is 2.07. The van der Waals surface area contributed by atoms with Crippen LogP contribution in [0.1, 0.15) is 58.1 Å². The van der Waals surface area contributed by atoms with Crippen molar-refractivity contribution in [3.8, 4) is 17.0 Å². The van der Waals surface area contributed by atoms with E-state index in [1.165, 1.54) is 31.7 Å². The van der Waals surface area contributed by atoms with Crippen LogP contribution in [0.5, 0.6) is 5.75 Å². The number of aromatic nitrogens is 2. The minimum atomic E-state index is -0.347. The van der Waals surface area contributed by atoms with E-state index in [4.69, 9.17) is 4.74 Å². The third-order valence-corrected chi connectivity index (χ3v) is 4.05. The van der Waals surface area contributed by atoms with E-state index >= 15 is 0 Å². The third-order valence-electron chi connectivity index (χ3n) is 4.05. The van der Waals surface area contributed by atoms with E-state index in [1.54, 1.807) is 18.5 Å². The third kappa shape index (κ3) is 5.59. The molecule has 1 heterocycles. The number of hydrogen-bond acceptors (Lipinski definition) is 3. The first-order valence-corrected chi connectivity index (χ1v) is 8.98. The zero-order chi connectivity index (χ0) is 17.2. The van der Waals surface area contributed by atoms with Gasteiger partial charge < -0.3 is 4.74 Å². The highest BCUT2D eigenvalue weighted by Crippen LogP contribution is 2.24. The van der Waals surface area contributed by atoms with Crippen LogP contribution < -0.4 is 4.74 Å². The molecule has 2 rings (SSSR count). The lowest BCUT2D eigenvalue weighted by molar-refractivity contribution is 0.290. The van der Waals surface area contributed by atoms with Gasteiger partial charge in [0.05, 0.1) is 24.2 Å². The van der Waals surface area contributed by atoms with E-state index in [2.05, 4.69) is 16.9 Å². The summed E-state index contributed by atoms with van der Waals surface area (Å²) < 4.78 is 19.7. The fourth-order valence-corrected chi connectivity index (χ4v) is 2.53. The molecule has 1 aromatic carbocycles. The lowest BCUT2D eigenvalue weighted by Crippen LogP contribution is -2.00. The molecule has 0 atom stereocenters. The SMILES string of the molecule is CCCCCCCCOc1ccc(-c2cnc(CC)cn2)cc1F. The summed E-state index contributed by atoms with van der Waals surface area (Å²) >= 11 is 0. The first-order valence-electron chi connectivity index (χ1n) is 8.98. The van der Waals surface area contributed by atoms with E-state index in [0.29, 0.717) is 18.1 Å². The van der Waals surface area contributed by atoms with E-state index in [0.717, 1.165) is 30.5 Å². The minimum Gasteiger partial charge on any atom is -0.491 e. The van der Waals surface area contributed by atoms with Crippen molar-refractivity contribution in [2.24, 2.45) is 0 Å². The Hall–Kier alpha value is -1.97. The van der Waals surface area contributed by atoms with Crippen molar-refractivity contribution < 1.29 is 9.13 Å². The van der Waals surface area contributed by atoms with Crippen LogP contribution in [-0.4, -0.2) is 16.6 Å². The average Bonchev–Trinajstić information content (AvgIpc) is 2.62. The number of unbranched alkanes of at least 4 members (excludes halogenated alkanes) is 5. The Labute approximate surface area is 144 Å². The van der Waals surface area contributed by atoms with Crippen LogP contribution in [0.15, 0.2) is 30.6 Å². The van der Waals surface area contributed by atoms with Crippen LogP contribution in [0.3, 0.4) is 0 Å². The van der Waals surface area contributed by atoms with Crippen LogP contribution >= 0.6 is 0 Å². The quantitative estimate of drug-likeness (QED) is 0.533. The molecule has 3 nitrogen and oxygen atoms in total. The predicted molar refractivity (Wildman–Crippen MR) is 95.7 cm³/mol. The van der Waals surface area contributed by atoms with Gasteiger partial charge in [-0.1, -0.05) is 46.0 Å². The zero-order valence-corrected chi connectivity index (χ0v) is 14.7. The summed E-state index contributed by atoms with van der Waals surface area (Å²) in [4.78, 5) is 8.63. The molecule has 2 aromatic rings. The van der Waals surface area contributed by atoms with E-state index in [1.807, 2.05) is 13.0 Å². The highest BCUT2D eigenvalue weighted by atomic mass is 19.1. The molecule has 24 heavy (non-hydrogen) atoms. The molecule has 0 aliphatic rings. The van der Waals surface area contributed by atoms with Crippen molar-refractivity contribution in [2.45, 2.75) is 58.8 Å². The van der Waals surface area contributed by atoms with E-state index in [9.17, 15) is 4.39 Å². The van der Waals surface area contributed by atoms with Gasteiger partial charge in [0.2, 0.25) is 0 Å². The van der Waals surface area contributed by atoms with Gasteiger partial charge in [0.25, 0.3) is 0 Å². The lowest BCUT2D eigenvalue weighted by atomic mass is 10.1. The summed E-state index contributed by atoms with van der Waals surface area (Å²) in [5.74, 6) is -0.0368. The first-order chi connectivity index (χ1) is 11.7. The molecule has 0 saturated carbocycles. The number of halogens is 1. The number of ether oxygens (including phenoxy) is 1. The maximum Gasteiger partial charge on any atom is 0.165 e. The summed E-state index contributed by atoms with van der Waals surface area (Å²) in [5.41, 5.74) is 2.32. The van der Waals surface area contributed by atoms with Crippen LogP contribution in [0, 0.1) is 5.82 Å². The van der Waals surface area contributed by atoms with Gasteiger partial charge in [0.1, 0.15) is 0 Å². The van der Waals surface area contributed by atoms with Gasteiger partial charge >= 0.3 is 0 Å². The maximum atomic E-state index is 14.2. The number of nitrogens with zero attached hydrogens (tertiary/aromatic N) is 2. The van der Waals surface area contributed by atoms with Gasteiger partial charge in [-0.2, -0.15) is 0 Å². The van der Waals surface area contributed by atoms with E-state index < -0.39 is 0 Å². The summed E-state index contributed by atoms with van der Waals surface area (Å²) in [6.45, 7) is 4.80. The Balaban J connectivity index is 1.85. The second kappa shape index (κ2) is 10.0. The van der Waals surface area contributed by atoms with Crippen molar-refractivity contribution in [2.75, 3.05) is 6.61 Å². The van der Waals surface area contributed by atoms with Crippen LogP contribution in [0.2, 0.25) is 0 Å². The summed E-state index contributed by atoms with van der Waals surface area (Å²) in [6.07, 6.45) is 11.4. The van der Waals surface area contributed by atoms with Gasteiger partial charge in [-0.25, -0.2) is 4.39 Å². The smallest absolute Gasteiger partial charge is 0.165 e. The molecular weight excluding hydrogens is 303 g/mol. The van der Waals surface area contributed by atoms with Crippen LogP contribution in [0.25, 0.3) is 11.3 Å². The van der Waals surface area contributed by atoms with Crippen molar-refractivity contribution in [1.82, 2.24) is 9.97 Å². The number of hydrogen-bond donors (Lipinski definition) is 0. The molecule has 0 N–H and O–H groups in total. The van der Waals surface area contributed by atoms with Crippen molar-refractivity contribution in [3.05, 3.63) is 42.1 Å². The first kappa shape index (κ1) is 18.4. The van der Waals surface area contributed by atoms with Crippen molar-refractivity contribution in [3.63, 3.8) is 0 Å². The van der Waals surface area contributed by atoms with E-state index in [-0.39, 0.29) is 5.82 Å². The highest BCUT2D eigenvalue weighted by molar-refractivity contribution is 5.59. The van der Waals surface area contributed by atoms with Gasteiger partial charge in [0.15, 0.2) is 11.6 Å². The Kier molecular flexibility index (Phi) is 7.66. The number of aryl methyl sites for hydroxylation is 1. The number of benzene rings is 1. The molecule has 130 valence electrons. The lowest BCUT2D eigenvalue weighted by Gasteiger charge is -2.09. The largest absolute Gasteiger partial charge is 0.491 e. The van der Waals surface area contributed by atoms with Gasteiger partial charge in [-0.3, -0.25) is 9.97 Å². The monoisotopic (exact) mass is 330 g/mol. The van der Waals surface area contributed by atoms with Crippen LogP contribution in [-0.2, 0) is 6.42 Å². The molecule has 0 fully saturated rings. The maximum absolute atomic E-state index is 14.2. The summed E-state index contributed by atoms with van der Waals surface area (Å²) in [5, 5.41) is 0. The Bertz CT molecular complexity index is 614. The summed E-state index contributed by atoms with van der Waals surface area (Å²) in [7, 11) is 0. The Morgan fingerprint density at radius 3 is 2.42 bits per heavy atom. The van der Waals surface area contributed by atoms with Gasteiger partial charge in [-0.05, 0) is 31.0 Å². The second-order valence-electron chi connectivity index (χ2n) is 6.01. The fraction of sp³-hybridized carbons (Fsp3) is 0.500. The predicted octanol–water partition coefficient (Wildman–Crippen LogP) is 5.58. The molecule has 0 unspecified atom stereocenters. The topological polar surface area (TPSA) is 35.0 Å². The Morgan fingerprint density at radius 1 is 0.958 bits per heavy atom. The fourth-order valence-electron chi connectivity index (χ4n) is 2.53. The molecule has 1 aromatic heterocycles. The van der Waals surface area contributed by atoms with Gasteiger partial charge in [0, 0.05) is 11.8 Å². The van der Waals surface area contributed by atoms with Gasteiger partial charge in [-0.15, -0.1) is 0 Å². The molecule has 0 spiro atoms. The zero-order valence-electron chi connectivity index (χ0n) is 14.7. The molecule has 0 bridgehead atoms.